The maximum atomic E-state index is 12.0. The fourth-order valence-corrected chi connectivity index (χ4v) is 2.67. The van der Waals surface area contributed by atoms with Crippen molar-refractivity contribution < 1.29 is 19.4 Å². The highest BCUT2D eigenvalue weighted by molar-refractivity contribution is 5.88. The lowest BCUT2D eigenvalue weighted by molar-refractivity contribution is -0.142. The van der Waals surface area contributed by atoms with Crippen molar-refractivity contribution in [2.75, 3.05) is 13.2 Å². The lowest BCUT2D eigenvalue weighted by atomic mass is 10.0. The Balaban J connectivity index is 1.62. The van der Waals surface area contributed by atoms with E-state index in [2.05, 4.69) is 6.58 Å². The molecule has 0 aliphatic heterocycles. The summed E-state index contributed by atoms with van der Waals surface area (Å²) in [7, 11) is 0. The molecule has 0 fully saturated rings. The quantitative estimate of drug-likeness (QED) is 0.290. The summed E-state index contributed by atoms with van der Waals surface area (Å²) in [5.74, 6) is -0.186. The predicted octanol–water partition coefficient (Wildman–Crippen LogP) is 4.01. The number of hydrogen-bond acceptors (Lipinski definition) is 4. The van der Waals surface area contributed by atoms with E-state index in [1.54, 1.807) is 0 Å². The monoisotopic (exact) mass is 342 g/mol. The number of fused-ring (bicyclic) bond motifs is 1. The number of carbonyl (C=O) groups is 1. The maximum absolute atomic E-state index is 12.0. The van der Waals surface area contributed by atoms with Crippen molar-refractivity contribution in [3.8, 4) is 0 Å². The molecule has 0 heterocycles. The number of hydrogen-bond donors (Lipinski definition) is 1. The third-order valence-corrected chi connectivity index (χ3v) is 4.01. The highest BCUT2D eigenvalue weighted by atomic mass is 16.6. The van der Waals surface area contributed by atoms with E-state index < -0.39 is 6.29 Å². The summed E-state index contributed by atoms with van der Waals surface area (Å²) in [5, 5.41) is 11.4. The summed E-state index contributed by atoms with van der Waals surface area (Å²) in [6.07, 6.45) is 4.43. The smallest absolute Gasteiger partial charge is 0.310 e. The van der Waals surface area contributed by atoms with Gasteiger partial charge in [0.15, 0.2) is 6.29 Å². The van der Waals surface area contributed by atoms with Gasteiger partial charge in [-0.05, 0) is 41.7 Å². The SMILES string of the molecule is C=CC(O)OCCCCCCOC(=O)Cc1cccc2ccccc12. The van der Waals surface area contributed by atoms with Crippen molar-refractivity contribution in [2.45, 2.75) is 38.4 Å². The molecule has 1 N–H and O–H groups in total. The molecule has 0 amide bonds. The first-order valence-corrected chi connectivity index (χ1v) is 8.75. The Labute approximate surface area is 149 Å². The van der Waals surface area contributed by atoms with E-state index in [0.29, 0.717) is 19.6 Å². The standard InChI is InChI=1S/C21H26O4/c1-2-20(22)24-14-7-3-4-8-15-25-21(23)16-18-12-9-11-17-10-5-6-13-19(17)18/h2,5-6,9-13,20,22H,1,3-4,7-8,14-16H2. The van der Waals surface area contributed by atoms with Crippen molar-refractivity contribution in [3.05, 3.63) is 60.7 Å². The highest BCUT2D eigenvalue weighted by Gasteiger charge is 2.07. The van der Waals surface area contributed by atoms with E-state index in [4.69, 9.17) is 14.6 Å². The third kappa shape index (κ3) is 6.69. The number of carbonyl (C=O) groups excluding carboxylic acids is 1. The minimum absolute atomic E-state index is 0.186. The summed E-state index contributed by atoms with van der Waals surface area (Å²) in [5.41, 5.74) is 1.00. The normalized spacial score (nSPS) is 12.0. The highest BCUT2D eigenvalue weighted by Crippen LogP contribution is 2.19. The lowest BCUT2D eigenvalue weighted by Gasteiger charge is -2.08. The molecule has 1 unspecified atom stereocenters. The van der Waals surface area contributed by atoms with Gasteiger partial charge in [0.05, 0.1) is 19.6 Å². The molecule has 25 heavy (non-hydrogen) atoms. The van der Waals surface area contributed by atoms with Gasteiger partial charge in [0.1, 0.15) is 0 Å². The van der Waals surface area contributed by atoms with Crippen LogP contribution in [0.25, 0.3) is 10.8 Å². The molecular weight excluding hydrogens is 316 g/mol. The van der Waals surface area contributed by atoms with Gasteiger partial charge in [-0.25, -0.2) is 0 Å². The molecule has 0 aliphatic rings. The Morgan fingerprint density at radius 1 is 1.04 bits per heavy atom. The molecule has 2 aromatic carbocycles. The van der Waals surface area contributed by atoms with E-state index >= 15 is 0 Å². The second-order valence-electron chi connectivity index (χ2n) is 5.95. The largest absolute Gasteiger partial charge is 0.465 e. The fraction of sp³-hybridized carbons (Fsp3) is 0.381. The molecule has 0 spiro atoms. The van der Waals surface area contributed by atoms with Gasteiger partial charge in [-0.1, -0.05) is 55.5 Å². The first kappa shape index (κ1) is 19.2. The molecule has 4 nitrogen and oxygen atoms in total. The average molecular weight is 342 g/mol. The molecule has 0 aromatic heterocycles. The van der Waals surface area contributed by atoms with Gasteiger partial charge < -0.3 is 14.6 Å². The van der Waals surface area contributed by atoms with Crippen LogP contribution in [0.2, 0.25) is 0 Å². The van der Waals surface area contributed by atoms with Crippen LogP contribution in [0.5, 0.6) is 0 Å². The minimum atomic E-state index is -0.880. The van der Waals surface area contributed by atoms with Crippen molar-refractivity contribution >= 4 is 16.7 Å². The van der Waals surface area contributed by atoms with Crippen LogP contribution in [0.1, 0.15) is 31.2 Å². The molecule has 1 atom stereocenters. The van der Waals surface area contributed by atoms with E-state index in [1.807, 2.05) is 42.5 Å². The van der Waals surface area contributed by atoms with E-state index in [0.717, 1.165) is 42.0 Å². The number of rotatable bonds is 11. The second kappa shape index (κ2) is 10.6. The Morgan fingerprint density at radius 2 is 1.76 bits per heavy atom. The van der Waals surface area contributed by atoms with Gasteiger partial charge in [-0.2, -0.15) is 0 Å². The van der Waals surface area contributed by atoms with Crippen LogP contribution in [-0.2, 0) is 20.7 Å². The summed E-state index contributed by atoms with van der Waals surface area (Å²) in [6.45, 7) is 4.39. The summed E-state index contributed by atoms with van der Waals surface area (Å²) < 4.78 is 10.4. The number of unbranched alkanes of at least 4 members (excludes halogenated alkanes) is 3. The van der Waals surface area contributed by atoms with Gasteiger partial charge in [-0.15, -0.1) is 0 Å². The number of benzene rings is 2. The molecule has 0 aliphatic carbocycles. The second-order valence-corrected chi connectivity index (χ2v) is 5.95. The van der Waals surface area contributed by atoms with Crippen LogP contribution in [0.4, 0.5) is 0 Å². The Bertz CT molecular complexity index is 675. The van der Waals surface area contributed by atoms with Gasteiger partial charge in [0, 0.05) is 0 Å². The molecule has 4 heteroatoms. The van der Waals surface area contributed by atoms with Crippen molar-refractivity contribution in [1.29, 1.82) is 0 Å². The number of ether oxygens (including phenoxy) is 2. The zero-order valence-corrected chi connectivity index (χ0v) is 14.5. The third-order valence-electron chi connectivity index (χ3n) is 4.01. The van der Waals surface area contributed by atoms with Gasteiger partial charge in [0.25, 0.3) is 0 Å². The minimum Gasteiger partial charge on any atom is -0.465 e. The van der Waals surface area contributed by atoms with Crippen LogP contribution in [0.3, 0.4) is 0 Å². The molecule has 134 valence electrons. The van der Waals surface area contributed by atoms with Crippen LogP contribution < -0.4 is 0 Å². The van der Waals surface area contributed by atoms with Gasteiger partial charge >= 0.3 is 5.97 Å². The Hall–Kier alpha value is -2.17. The summed E-state index contributed by atoms with van der Waals surface area (Å²) >= 11 is 0. The van der Waals surface area contributed by atoms with Gasteiger partial charge in [-0.3, -0.25) is 4.79 Å². The molecule has 0 saturated heterocycles. The first-order chi connectivity index (χ1) is 12.2. The van der Waals surface area contributed by atoms with Crippen LogP contribution in [0, 0.1) is 0 Å². The average Bonchev–Trinajstić information content (AvgIpc) is 2.64. The van der Waals surface area contributed by atoms with Crippen molar-refractivity contribution in [3.63, 3.8) is 0 Å². The topological polar surface area (TPSA) is 55.8 Å². The first-order valence-electron chi connectivity index (χ1n) is 8.75. The summed E-state index contributed by atoms with van der Waals surface area (Å²) in [6, 6.07) is 14.0. The Kier molecular flexibility index (Phi) is 8.16. The molecular formula is C21H26O4. The van der Waals surface area contributed by atoms with Crippen LogP contribution in [-0.4, -0.2) is 30.6 Å². The van der Waals surface area contributed by atoms with E-state index in [1.165, 1.54) is 6.08 Å². The lowest BCUT2D eigenvalue weighted by Crippen LogP contribution is -2.10. The fourth-order valence-electron chi connectivity index (χ4n) is 2.67. The van der Waals surface area contributed by atoms with E-state index in [9.17, 15) is 4.79 Å². The molecule has 0 bridgehead atoms. The molecule has 0 radical (unpaired) electrons. The van der Waals surface area contributed by atoms with Crippen molar-refractivity contribution in [2.24, 2.45) is 0 Å². The van der Waals surface area contributed by atoms with Crippen molar-refractivity contribution in [1.82, 2.24) is 0 Å². The Morgan fingerprint density at radius 3 is 2.56 bits per heavy atom. The summed E-state index contributed by atoms with van der Waals surface area (Å²) in [4.78, 5) is 12.0. The predicted molar refractivity (Wildman–Crippen MR) is 99.2 cm³/mol. The zero-order chi connectivity index (χ0) is 17.9. The van der Waals surface area contributed by atoms with E-state index in [-0.39, 0.29) is 5.97 Å². The van der Waals surface area contributed by atoms with Gasteiger partial charge in [0.2, 0.25) is 0 Å². The molecule has 2 aromatic rings. The van der Waals surface area contributed by atoms with Crippen LogP contribution >= 0.6 is 0 Å². The number of aliphatic hydroxyl groups is 1. The molecule has 0 saturated carbocycles. The zero-order valence-electron chi connectivity index (χ0n) is 14.5. The van der Waals surface area contributed by atoms with Crippen LogP contribution in [0.15, 0.2) is 55.1 Å². The molecule has 2 rings (SSSR count). The number of esters is 1. The number of aliphatic hydroxyl groups excluding tert-OH is 1. The maximum Gasteiger partial charge on any atom is 0.310 e.